The molecule has 0 fully saturated rings. The number of para-hydroxylation sites is 1. The van der Waals surface area contributed by atoms with Crippen LogP contribution in [0.5, 0.6) is 5.75 Å². The second kappa shape index (κ2) is 10.5. The van der Waals surface area contributed by atoms with Crippen LogP contribution < -0.4 is 15.4 Å². The van der Waals surface area contributed by atoms with Gasteiger partial charge in [0, 0.05) is 24.4 Å². The molecular formula is C21H29N3O3. The van der Waals surface area contributed by atoms with Gasteiger partial charge in [0.1, 0.15) is 5.75 Å². The average Bonchev–Trinajstić information content (AvgIpc) is 2.67. The predicted molar refractivity (Wildman–Crippen MR) is 108 cm³/mol. The molecule has 0 aliphatic rings. The first-order valence-corrected chi connectivity index (χ1v) is 9.06. The molecule has 2 aromatic rings. The van der Waals surface area contributed by atoms with Crippen LogP contribution in [0.3, 0.4) is 0 Å². The van der Waals surface area contributed by atoms with Crippen molar-refractivity contribution in [2.45, 2.75) is 19.6 Å². The van der Waals surface area contributed by atoms with Crippen molar-refractivity contribution in [3.63, 3.8) is 0 Å². The van der Waals surface area contributed by atoms with E-state index >= 15 is 0 Å². The predicted octanol–water partition coefficient (Wildman–Crippen LogP) is 3.66. The van der Waals surface area contributed by atoms with E-state index in [2.05, 4.69) is 15.5 Å². The molecule has 1 unspecified atom stereocenters. The highest BCUT2D eigenvalue weighted by atomic mass is 16.5. The number of rotatable bonds is 9. The molecule has 0 saturated carbocycles. The fourth-order valence-electron chi connectivity index (χ4n) is 2.78. The Balaban J connectivity index is 2.00. The molecule has 2 N–H and O–H groups in total. The number of amides is 2. The fraction of sp³-hybridized carbons (Fsp3) is 0.381. The van der Waals surface area contributed by atoms with Gasteiger partial charge in [-0.3, -0.25) is 0 Å². The van der Waals surface area contributed by atoms with Crippen molar-refractivity contribution in [1.29, 1.82) is 0 Å². The number of urea groups is 1. The number of carbonyl (C=O) groups is 1. The monoisotopic (exact) mass is 371 g/mol. The van der Waals surface area contributed by atoms with Gasteiger partial charge >= 0.3 is 6.03 Å². The van der Waals surface area contributed by atoms with Gasteiger partial charge in [-0.15, -0.1) is 0 Å². The highest BCUT2D eigenvalue weighted by Crippen LogP contribution is 2.22. The molecule has 6 heteroatoms. The summed E-state index contributed by atoms with van der Waals surface area (Å²) in [6.07, 6.45) is 0. The Kier molecular flexibility index (Phi) is 8.10. The smallest absolute Gasteiger partial charge is 0.319 e. The lowest BCUT2D eigenvalue weighted by molar-refractivity contribution is 0.134. The summed E-state index contributed by atoms with van der Waals surface area (Å²) >= 11 is 0. The standard InChI is InChI=1S/C21H29N3O3/c1-5-27-15-17-9-6-7-12-19(17)23-21(25)22-14-20(24(2)3)16-10-8-11-18(13-16)26-4/h6-13,20H,5,14-15H2,1-4H3,(H2,22,23,25). The number of ether oxygens (including phenoxy) is 2. The van der Waals surface area contributed by atoms with Crippen LogP contribution in [-0.2, 0) is 11.3 Å². The third-order valence-corrected chi connectivity index (χ3v) is 4.29. The van der Waals surface area contributed by atoms with E-state index in [-0.39, 0.29) is 12.1 Å². The topological polar surface area (TPSA) is 62.8 Å². The number of hydrogen-bond acceptors (Lipinski definition) is 4. The zero-order valence-electron chi connectivity index (χ0n) is 16.5. The maximum absolute atomic E-state index is 12.4. The molecule has 6 nitrogen and oxygen atoms in total. The Morgan fingerprint density at radius 2 is 1.93 bits per heavy atom. The highest BCUT2D eigenvalue weighted by molar-refractivity contribution is 5.90. The second-order valence-corrected chi connectivity index (χ2v) is 6.39. The molecule has 2 amide bonds. The molecule has 0 aromatic heterocycles. The molecule has 27 heavy (non-hydrogen) atoms. The zero-order chi connectivity index (χ0) is 19.6. The molecule has 0 heterocycles. The van der Waals surface area contributed by atoms with Gasteiger partial charge in [-0.25, -0.2) is 4.79 Å². The van der Waals surface area contributed by atoms with E-state index in [1.165, 1.54) is 0 Å². The van der Waals surface area contributed by atoms with Crippen molar-refractivity contribution in [2.24, 2.45) is 0 Å². The van der Waals surface area contributed by atoms with Crippen LogP contribution in [0.15, 0.2) is 48.5 Å². The minimum atomic E-state index is -0.242. The molecule has 2 rings (SSSR count). The summed E-state index contributed by atoms with van der Waals surface area (Å²) in [5, 5.41) is 5.87. The van der Waals surface area contributed by atoms with Crippen molar-refractivity contribution in [3.8, 4) is 5.75 Å². The van der Waals surface area contributed by atoms with E-state index in [9.17, 15) is 4.79 Å². The third kappa shape index (κ3) is 6.27. The van der Waals surface area contributed by atoms with E-state index in [0.29, 0.717) is 19.8 Å². The summed E-state index contributed by atoms with van der Waals surface area (Å²) in [5.74, 6) is 0.800. The maximum atomic E-state index is 12.4. The summed E-state index contributed by atoms with van der Waals surface area (Å²) in [7, 11) is 5.62. The Morgan fingerprint density at radius 3 is 2.63 bits per heavy atom. The number of methoxy groups -OCH3 is 1. The van der Waals surface area contributed by atoms with Crippen molar-refractivity contribution in [2.75, 3.05) is 39.7 Å². The second-order valence-electron chi connectivity index (χ2n) is 6.39. The lowest BCUT2D eigenvalue weighted by atomic mass is 10.1. The summed E-state index contributed by atoms with van der Waals surface area (Å²) in [5.41, 5.74) is 2.79. The van der Waals surface area contributed by atoms with Gasteiger partial charge in [0.15, 0.2) is 0 Å². The van der Waals surface area contributed by atoms with Gasteiger partial charge in [-0.1, -0.05) is 30.3 Å². The van der Waals surface area contributed by atoms with Crippen LogP contribution in [0.4, 0.5) is 10.5 Å². The number of nitrogens with one attached hydrogen (secondary N) is 2. The van der Waals surface area contributed by atoms with Crippen LogP contribution in [0.2, 0.25) is 0 Å². The van der Waals surface area contributed by atoms with Crippen LogP contribution in [-0.4, -0.2) is 45.3 Å². The summed E-state index contributed by atoms with van der Waals surface area (Å²) in [6.45, 7) is 3.52. The van der Waals surface area contributed by atoms with Crippen LogP contribution in [0.25, 0.3) is 0 Å². The molecule has 0 aliphatic carbocycles. The molecule has 2 aromatic carbocycles. The first-order chi connectivity index (χ1) is 13.0. The Hall–Kier alpha value is -2.57. The molecule has 0 radical (unpaired) electrons. The molecule has 0 aliphatic heterocycles. The number of hydrogen-bond donors (Lipinski definition) is 2. The van der Waals surface area contributed by atoms with Crippen molar-refractivity contribution in [3.05, 3.63) is 59.7 Å². The van der Waals surface area contributed by atoms with Crippen molar-refractivity contribution < 1.29 is 14.3 Å². The van der Waals surface area contributed by atoms with E-state index in [4.69, 9.17) is 9.47 Å². The van der Waals surface area contributed by atoms with Crippen LogP contribution >= 0.6 is 0 Å². The highest BCUT2D eigenvalue weighted by Gasteiger charge is 2.16. The molecule has 1 atom stereocenters. The van der Waals surface area contributed by atoms with Crippen molar-refractivity contribution >= 4 is 11.7 Å². The van der Waals surface area contributed by atoms with E-state index < -0.39 is 0 Å². The SMILES string of the molecule is CCOCc1ccccc1NC(=O)NCC(c1cccc(OC)c1)N(C)C. The minimum absolute atomic E-state index is 0.0320. The average molecular weight is 371 g/mol. The number of nitrogens with zero attached hydrogens (tertiary/aromatic N) is 1. The summed E-state index contributed by atoms with van der Waals surface area (Å²) < 4.78 is 10.8. The zero-order valence-corrected chi connectivity index (χ0v) is 16.5. The van der Waals surface area contributed by atoms with Gasteiger partial charge < -0.3 is 25.0 Å². The maximum Gasteiger partial charge on any atom is 0.319 e. The Bertz CT molecular complexity index is 734. The third-order valence-electron chi connectivity index (χ3n) is 4.29. The number of anilines is 1. The van der Waals surface area contributed by atoms with Gasteiger partial charge in [0.05, 0.1) is 19.8 Å². The normalized spacial score (nSPS) is 11.9. The molecule has 0 spiro atoms. The Morgan fingerprint density at radius 1 is 1.15 bits per heavy atom. The number of benzene rings is 2. The molecular weight excluding hydrogens is 342 g/mol. The first kappa shape index (κ1) is 20.7. The molecule has 0 bridgehead atoms. The summed E-state index contributed by atoms with van der Waals surface area (Å²) in [4.78, 5) is 14.5. The van der Waals surface area contributed by atoms with E-state index in [1.54, 1.807) is 7.11 Å². The molecule has 146 valence electrons. The number of likely N-dealkylation sites (N-methyl/N-ethyl adjacent to an activating group) is 1. The lowest BCUT2D eigenvalue weighted by Crippen LogP contribution is -2.37. The molecule has 0 saturated heterocycles. The first-order valence-electron chi connectivity index (χ1n) is 9.06. The van der Waals surface area contributed by atoms with E-state index in [0.717, 1.165) is 22.6 Å². The van der Waals surface area contributed by atoms with Crippen molar-refractivity contribution in [1.82, 2.24) is 10.2 Å². The van der Waals surface area contributed by atoms with Crippen LogP contribution in [0, 0.1) is 0 Å². The van der Waals surface area contributed by atoms with E-state index in [1.807, 2.05) is 69.6 Å². The van der Waals surface area contributed by atoms with Gasteiger partial charge in [-0.05, 0) is 44.8 Å². The largest absolute Gasteiger partial charge is 0.497 e. The summed E-state index contributed by atoms with van der Waals surface area (Å²) in [6, 6.07) is 15.3. The van der Waals surface area contributed by atoms with Crippen LogP contribution in [0.1, 0.15) is 24.1 Å². The minimum Gasteiger partial charge on any atom is -0.497 e. The lowest BCUT2D eigenvalue weighted by Gasteiger charge is -2.25. The fourth-order valence-corrected chi connectivity index (χ4v) is 2.78. The Labute approximate surface area is 161 Å². The van der Waals surface area contributed by atoms with Gasteiger partial charge in [-0.2, -0.15) is 0 Å². The van der Waals surface area contributed by atoms with Gasteiger partial charge in [0.2, 0.25) is 0 Å². The quantitative estimate of drug-likeness (QED) is 0.706. The number of carbonyl (C=O) groups excluding carboxylic acids is 1. The van der Waals surface area contributed by atoms with Gasteiger partial charge in [0.25, 0.3) is 0 Å².